The lowest BCUT2D eigenvalue weighted by Crippen LogP contribution is -2.58. The topological polar surface area (TPSA) is 116 Å². The molecule has 0 aromatic heterocycles. The highest BCUT2D eigenvalue weighted by molar-refractivity contribution is 9.10. The van der Waals surface area contributed by atoms with Gasteiger partial charge in [0.25, 0.3) is 5.91 Å². The van der Waals surface area contributed by atoms with Crippen LogP contribution < -0.4 is 10.0 Å². The first-order valence-electron chi connectivity index (χ1n) is 13.2. The Morgan fingerprint density at radius 3 is 2.44 bits per heavy atom. The Morgan fingerprint density at radius 1 is 1.07 bits per heavy atom. The second kappa shape index (κ2) is 13.1. The summed E-state index contributed by atoms with van der Waals surface area (Å²) in [6.07, 6.45) is -1.67. The minimum absolute atomic E-state index is 0.00379. The second-order valence-electron chi connectivity index (χ2n) is 10.6. The minimum atomic E-state index is -4.10. The van der Waals surface area contributed by atoms with E-state index in [4.69, 9.17) is 0 Å². The summed E-state index contributed by atoms with van der Waals surface area (Å²) >= 11 is 4.72. The van der Waals surface area contributed by atoms with Crippen molar-refractivity contribution >= 4 is 49.5 Å². The predicted molar refractivity (Wildman–Crippen MR) is 165 cm³/mol. The fraction of sp³-hybridized carbons (Fsp3) is 0.333. The van der Waals surface area contributed by atoms with E-state index in [9.17, 15) is 23.1 Å². The Bertz CT molecular complexity index is 1500. The molecular formula is C30H34BrN3O5S2. The predicted octanol–water partition coefficient (Wildman–Crippen LogP) is 4.00. The number of thioether (sulfide) groups is 1. The number of amides is 2. The van der Waals surface area contributed by atoms with Crippen LogP contribution in [0.1, 0.15) is 30.5 Å². The highest BCUT2D eigenvalue weighted by atomic mass is 79.9. The number of aliphatic hydroxyl groups is 1. The number of hydrogen-bond donors (Lipinski definition) is 3. The molecule has 8 nitrogen and oxygen atoms in total. The van der Waals surface area contributed by atoms with Crippen LogP contribution in [0.5, 0.6) is 0 Å². The van der Waals surface area contributed by atoms with Gasteiger partial charge in [0, 0.05) is 15.8 Å². The van der Waals surface area contributed by atoms with E-state index in [-0.39, 0.29) is 23.1 Å². The van der Waals surface area contributed by atoms with Gasteiger partial charge in [0.2, 0.25) is 15.9 Å². The standard InChI is InChI=1S/C30H34BrN3O5S2/c1-20-10-7-8-13-22(20)18-32-28(36)27-30(2,3)40-19-34(27)29(37)26(35)25(16-21-11-5-4-6-12-21)33-41(38,39)24-15-9-14-23(31)17-24/h4-15,17,25-27,33,35H,16,18-19H2,1-3H3,(H,32,36). The number of halogens is 1. The Hall–Kier alpha value is -2.70. The average Bonchev–Trinajstić information content (AvgIpc) is 3.26. The van der Waals surface area contributed by atoms with Gasteiger partial charge in [-0.1, -0.05) is 76.6 Å². The number of sulfonamides is 1. The number of nitrogens with one attached hydrogen (secondary N) is 2. The largest absolute Gasteiger partial charge is 0.382 e. The number of rotatable bonds is 10. The van der Waals surface area contributed by atoms with Crippen LogP contribution in [0, 0.1) is 6.92 Å². The molecule has 1 heterocycles. The van der Waals surface area contributed by atoms with Crippen molar-refractivity contribution in [3.05, 3.63) is 100 Å². The number of carbonyl (C=O) groups excluding carboxylic acids is 2. The SMILES string of the molecule is Cc1ccccc1CNC(=O)C1N(C(=O)C(O)C(Cc2ccccc2)NS(=O)(=O)c2cccc(Br)c2)CSC1(C)C. The van der Waals surface area contributed by atoms with Crippen LogP contribution in [0.25, 0.3) is 0 Å². The molecule has 1 saturated heterocycles. The van der Waals surface area contributed by atoms with Crippen LogP contribution >= 0.6 is 27.7 Å². The fourth-order valence-electron chi connectivity index (χ4n) is 4.83. The molecule has 1 aliphatic rings. The molecule has 3 aromatic rings. The lowest BCUT2D eigenvalue weighted by atomic mass is 9.97. The van der Waals surface area contributed by atoms with Gasteiger partial charge in [0.1, 0.15) is 12.1 Å². The van der Waals surface area contributed by atoms with Crippen LogP contribution in [0.15, 0.2) is 88.2 Å². The number of aryl methyl sites for hydroxylation is 1. The maximum Gasteiger partial charge on any atom is 0.254 e. The summed E-state index contributed by atoms with van der Waals surface area (Å²) in [7, 11) is -4.10. The van der Waals surface area contributed by atoms with Crippen LogP contribution in [0.4, 0.5) is 0 Å². The van der Waals surface area contributed by atoms with E-state index in [1.54, 1.807) is 36.4 Å². The molecule has 4 rings (SSSR count). The summed E-state index contributed by atoms with van der Waals surface area (Å²) < 4.78 is 29.1. The Kier molecular flexibility index (Phi) is 9.97. The fourth-order valence-corrected chi connectivity index (χ4v) is 7.81. The molecular weight excluding hydrogens is 626 g/mol. The summed E-state index contributed by atoms with van der Waals surface area (Å²) in [6.45, 7) is 6.03. The molecule has 0 aliphatic carbocycles. The van der Waals surface area contributed by atoms with Crippen molar-refractivity contribution in [1.29, 1.82) is 0 Å². The van der Waals surface area contributed by atoms with E-state index in [1.807, 2.05) is 51.1 Å². The first-order valence-corrected chi connectivity index (χ1v) is 16.4. The molecule has 2 amide bonds. The molecule has 0 radical (unpaired) electrons. The number of aliphatic hydroxyl groups excluding tert-OH is 1. The highest BCUT2D eigenvalue weighted by Crippen LogP contribution is 2.40. The molecule has 1 aliphatic heterocycles. The smallest absolute Gasteiger partial charge is 0.254 e. The van der Waals surface area contributed by atoms with Gasteiger partial charge in [0.15, 0.2) is 0 Å². The van der Waals surface area contributed by atoms with Crippen molar-refractivity contribution in [3.63, 3.8) is 0 Å². The molecule has 0 saturated carbocycles. The summed E-state index contributed by atoms with van der Waals surface area (Å²) in [5.74, 6) is -0.864. The zero-order valence-electron chi connectivity index (χ0n) is 23.1. The van der Waals surface area contributed by atoms with E-state index in [0.29, 0.717) is 11.0 Å². The Morgan fingerprint density at radius 2 is 1.76 bits per heavy atom. The zero-order chi connectivity index (χ0) is 29.8. The van der Waals surface area contributed by atoms with Crippen LogP contribution in [-0.4, -0.2) is 59.1 Å². The van der Waals surface area contributed by atoms with Crippen molar-refractivity contribution in [2.24, 2.45) is 0 Å². The van der Waals surface area contributed by atoms with Crippen LogP contribution in [0.3, 0.4) is 0 Å². The lowest BCUT2D eigenvalue weighted by molar-refractivity contribution is -0.147. The van der Waals surface area contributed by atoms with E-state index in [1.165, 1.54) is 28.8 Å². The Labute approximate surface area is 254 Å². The van der Waals surface area contributed by atoms with Gasteiger partial charge in [-0.25, -0.2) is 13.1 Å². The third-order valence-electron chi connectivity index (χ3n) is 7.14. The van der Waals surface area contributed by atoms with Crippen molar-refractivity contribution < 1.29 is 23.1 Å². The third kappa shape index (κ3) is 7.58. The first kappa shape index (κ1) is 31.2. The van der Waals surface area contributed by atoms with Crippen LogP contribution in [0.2, 0.25) is 0 Å². The van der Waals surface area contributed by atoms with Gasteiger partial charge in [-0.2, -0.15) is 0 Å². The average molecular weight is 661 g/mol. The quantitative estimate of drug-likeness (QED) is 0.303. The number of hydrogen-bond acceptors (Lipinski definition) is 6. The van der Waals surface area contributed by atoms with E-state index >= 15 is 0 Å². The van der Waals surface area contributed by atoms with Gasteiger partial charge in [-0.15, -0.1) is 11.8 Å². The molecule has 41 heavy (non-hydrogen) atoms. The first-order chi connectivity index (χ1) is 19.4. The summed E-state index contributed by atoms with van der Waals surface area (Å²) in [5.41, 5.74) is 2.75. The third-order valence-corrected chi connectivity index (χ3v) is 10.5. The maximum absolute atomic E-state index is 13.8. The monoisotopic (exact) mass is 659 g/mol. The molecule has 0 bridgehead atoms. The molecule has 1 fully saturated rings. The summed E-state index contributed by atoms with van der Waals surface area (Å²) in [5, 5.41) is 14.4. The number of carbonyl (C=O) groups is 2. The van der Waals surface area contributed by atoms with Crippen molar-refractivity contribution in [2.45, 2.75) is 61.6 Å². The minimum Gasteiger partial charge on any atom is -0.382 e. The van der Waals surface area contributed by atoms with Crippen molar-refractivity contribution in [3.8, 4) is 0 Å². The normalized spacial score (nSPS) is 18.1. The van der Waals surface area contributed by atoms with E-state index in [0.717, 1.165) is 16.7 Å². The number of benzene rings is 3. The molecule has 3 unspecified atom stereocenters. The van der Waals surface area contributed by atoms with Gasteiger partial charge in [-0.3, -0.25) is 9.59 Å². The Balaban J connectivity index is 1.58. The summed E-state index contributed by atoms with van der Waals surface area (Å²) in [6, 6.07) is 20.9. The molecule has 11 heteroatoms. The summed E-state index contributed by atoms with van der Waals surface area (Å²) in [4.78, 5) is 28.6. The molecule has 218 valence electrons. The van der Waals surface area contributed by atoms with E-state index in [2.05, 4.69) is 26.0 Å². The lowest BCUT2D eigenvalue weighted by Gasteiger charge is -2.33. The van der Waals surface area contributed by atoms with E-state index < -0.39 is 38.9 Å². The van der Waals surface area contributed by atoms with Crippen molar-refractivity contribution in [2.75, 3.05) is 5.88 Å². The molecule has 0 spiro atoms. The molecule has 3 N–H and O–H groups in total. The maximum atomic E-state index is 13.8. The van der Waals surface area contributed by atoms with Gasteiger partial charge >= 0.3 is 0 Å². The van der Waals surface area contributed by atoms with Crippen LogP contribution in [-0.2, 0) is 32.6 Å². The zero-order valence-corrected chi connectivity index (χ0v) is 26.3. The van der Waals surface area contributed by atoms with Crippen molar-refractivity contribution in [1.82, 2.24) is 14.9 Å². The van der Waals surface area contributed by atoms with Gasteiger partial charge in [-0.05, 0) is 62.1 Å². The number of nitrogens with zero attached hydrogens (tertiary/aromatic N) is 1. The van der Waals surface area contributed by atoms with Gasteiger partial charge < -0.3 is 15.3 Å². The second-order valence-corrected chi connectivity index (χ2v) is 14.8. The molecule has 3 aromatic carbocycles. The highest BCUT2D eigenvalue weighted by Gasteiger charge is 2.50. The molecule has 3 atom stereocenters. The van der Waals surface area contributed by atoms with Gasteiger partial charge in [0.05, 0.1) is 16.8 Å².